The van der Waals surface area contributed by atoms with E-state index in [0.717, 1.165) is 0 Å². The summed E-state index contributed by atoms with van der Waals surface area (Å²) in [5.74, 6) is -0.195. The molecule has 5 N–H and O–H groups in total. The number of nitrogens with one attached hydrogen (secondary N) is 2. The number of aromatic nitrogens is 4. The molecule has 5 atom stereocenters. The summed E-state index contributed by atoms with van der Waals surface area (Å²) >= 11 is 6.29. The smallest absolute Gasteiger partial charge is 0.280 e. The first-order valence-corrected chi connectivity index (χ1v) is 12.7. The molecule has 18 heteroatoms. The maximum atomic E-state index is 12.4. The molecule has 2 fully saturated rings. The van der Waals surface area contributed by atoms with Crippen LogP contribution in [0.3, 0.4) is 0 Å². The molecule has 4 heterocycles. The highest BCUT2D eigenvalue weighted by molar-refractivity contribution is 8.00. The Balaban J connectivity index is 1.60. The van der Waals surface area contributed by atoms with Crippen molar-refractivity contribution < 1.29 is 23.7 Å². The lowest BCUT2D eigenvalue weighted by Crippen LogP contribution is -2.37. The number of thioether (sulfide) groups is 1. The van der Waals surface area contributed by atoms with Gasteiger partial charge in [-0.15, -0.1) is 0 Å². The largest absolute Gasteiger partial charge is 0.386 e. The number of fused-ring (bicyclic) bond motifs is 2. The van der Waals surface area contributed by atoms with Gasteiger partial charge >= 0.3 is 0 Å². The number of nitrogens with two attached hydrogens (primary N) is 1. The minimum Gasteiger partial charge on any atom is -0.386 e. The summed E-state index contributed by atoms with van der Waals surface area (Å²) in [6.07, 6.45) is -3.33. The number of hydrogen-bond acceptors (Lipinski definition) is 12. The Morgan fingerprint density at radius 2 is 2.38 bits per heavy atom. The van der Waals surface area contributed by atoms with Crippen LogP contribution in [0.4, 0.5) is 5.95 Å². The highest BCUT2D eigenvalue weighted by Gasteiger charge is 2.49. The second kappa shape index (κ2) is 9.72. The van der Waals surface area contributed by atoms with Crippen LogP contribution in [0.25, 0.3) is 21.6 Å². The molecule has 2 aromatic heterocycles. The fraction of sp³-hybridized carbons (Fsp3) is 0.571. The predicted molar refractivity (Wildman–Crippen MR) is 117 cm³/mol. The van der Waals surface area contributed by atoms with Gasteiger partial charge in [0, 0.05) is 17.2 Å². The molecule has 3 unspecified atom stereocenters. The molecule has 1 amide bonds. The molecule has 0 saturated carbocycles. The monoisotopic (exact) mass is 503 g/mol. The third kappa shape index (κ3) is 4.60. The van der Waals surface area contributed by atoms with Crippen LogP contribution in [0.1, 0.15) is 6.23 Å². The zero-order chi connectivity index (χ0) is 22.8. The van der Waals surface area contributed by atoms with Crippen molar-refractivity contribution in [2.45, 2.75) is 29.7 Å². The zero-order valence-electron chi connectivity index (χ0n) is 16.2. The topological polar surface area (TPSA) is 215 Å². The first kappa shape index (κ1) is 22.9. The standard InChI is InChI=1S/C14H18N9O6PS2/c15-13-20-10-7(11(26)21-13)19-14(32-2-1-17-6(24)3-18-22-16)23(10)12-8(25)9-5(28-12)4-27-30(31)29-9/h5,8-9,12,25,30H,1-4H2,(H,17,24)(H3,15,20,21,26)/t5?,8?,9-,12-/m1/s1. The van der Waals surface area contributed by atoms with Crippen LogP contribution < -0.4 is 16.6 Å². The first-order valence-electron chi connectivity index (χ1n) is 9.24. The maximum Gasteiger partial charge on any atom is 0.280 e. The molecule has 2 saturated heterocycles. The van der Waals surface area contributed by atoms with Crippen LogP contribution in [0.5, 0.6) is 0 Å². The Morgan fingerprint density at radius 3 is 3.16 bits per heavy atom. The molecule has 4 rings (SSSR count). The minimum atomic E-state index is -1.91. The van der Waals surface area contributed by atoms with E-state index in [1.807, 2.05) is 0 Å². The van der Waals surface area contributed by atoms with E-state index in [4.69, 9.17) is 36.9 Å². The average molecular weight is 503 g/mol. The number of aliphatic hydroxyl groups excluding tert-OH is 1. The van der Waals surface area contributed by atoms with Crippen molar-refractivity contribution >= 4 is 53.7 Å². The third-order valence-corrected chi connectivity index (χ3v) is 7.09. The van der Waals surface area contributed by atoms with Crippen molar-refractivity contribution in [1.82, 2.24) is 24.8 Å². The number of nitrogens with zero attached hydrogens (tertiary/aromatic N) is 6. The lowest BCUT2D eigenvalue weighted by Gasteiger charge is -2.26. The number of aliphatic hydroxyl groups is 1. The molecule has 0 aromatic carbocycles. The number of anilines is 1. The second-order valence-corrected chi connectivity index (χ2v) is 9.76. The van der Waals surface area contributed by atoms with Gasteiger partial charge in [-0.1, -0.05) is 16.9 Å². The number of rotatable bonds is 7. The predicted octanol–water partition coefficient (Wildman–Crippen LogP) is -0.600. The fourth-order valence-corrected chi connectivity index (χ4v) is 5.60. The highest BCUT2D eigenvalue weighted by atomic mass is 32.4. The number of amides is 1. The van der Waals surface area contributed by atoms with Gasteiger partial charge in [-0.25, -0.2) is 4.98 Å². The van der Waals surface area contributed by atoms with Crippen LogP contribution in [0.15, 0.2) is 15.1 Å². The number of carbonyl (C=O) groups is 1. The molecule has 172 valence electrons. The van der Waals surface area contributed by atoms with E-state index in [0.29, 0.717) is 10.9 Å². The van der Waals surface area contributed by atoms with E-state index in [1.54, 1.807) is 0 Å². The summed E-state index contributed by atoms with van der Waals surface area (Å²) in [5.41, 5.74) is 13.6. The van der Waals surface area contributed by atoms with Crippen molar-refractivity contribution in [3.05, 3.63) is 20.8 Å². The van der Waals surface area contributed by atoms with Gasteiger partial charge in [-0.05, 0) is 17.3 Å². The van der Waals surface area contributed by atoms with Gasteiger partial charge < -0.3 is 29.9 Å². The van der Waals surface area contributed by atoms with Gasteiger partial charge in [0.1, 0.15) is 24.9 Å². The van der Waals surface area contributed by atoms with Gasteiger partial charge in [-0.2, -0.15) is 4.98 Å². The Labute approximate surface area is 189 Å². The lowest BCUT2D eigenvalue weighted by molar-refractivity contribution is -0.119. The first-order chi connectivity index (χ1) is 15.4. The molecule has 2 aliphatic rings. The number of imidazole rings is 1. The van der Waals surface area contributed by atoms with Gasteiger partial charge in [0.2, 0.25) is 11.9 Å². The minimum absolute atomic E-state index is 0.0185. The quantitative estimate of drug-likeness (QED) is 0.0934. The summed E-state index contributed by atoms with van der Waals surface area (Å²) in [6, 6.07) is 0. The number of azide groups is 1. The van der Waals surface area contributed by atoms with Crippen LogP contribution in [-0.4, -0.2) is 74.3 Å². The van der Waals surface area contributed by atoms with Crippen molar-refractivity contribution in [2.75, 3.05) is 31.2 Å². The molecule has 0 aliphatic carbocycles. The van der Waals surface area contributed by atoms with E-state index >= 15 is 0 Å². The molecule has 2 aliphatic heterocycles. The highest BCUT2D eigenvalue weighted by Crippen LogP contribution is 2.44. The van der Waals surface area contributed by atoms with E-state index in [-0.39, 0.29) is 36.8 Å². The van der Waals surface area contributed by atoms with Crippen molar-refractivity contribution in [1.29, 1.82) is 0 Å². The SMILES string of the molecule is [N-]=[N+]=NCC(=O)NCCSc1nc2c(=O)[nH]c(N)nc2n1[C@@H]1OC2CO[PH](=S)O[C@H]2C1O. The van der Waals surface area contributed by atoms with Crippen molar-refractivity contribution in [3.63, 3.8) is 0 Å². The zero-order valence-corrected chi connectivity index (χ0v) is 18.8. The Morgan fingerprint density at radius 1 is 1.56 bits per heavy atom. The Hall–Kier alpha value is -2.23. The molecular weight excluding hydrogens is 485 g/mol. The number of nitrogen functional groups attached to an aromatic ring is 1. The Kier molecular flexibility index (Phi) is 6.97. The molecule has 32 heavy (non-hydrogen) atoms. The lowest BCUT2D eigenvalue weighted by atomic mass is 10.1. The van der Waals surface area contributed by atoms with Gasteiger partial charge in [-0.3, -0.25) is 19.1 Å². The number of H-pyrrole nitrogens is 1. The van der Waals surface area contributed by atoms with E-state index in [2.05, 4.69) is 30.3 Å². The number of aromatic amines is 1. The van der Waals surface area contributed by atoms with Gasteiger partial charge in [0.25, 0.3) is 5.56 Å². The number of hydrogen-bond donors (Lipinski definition) is 4. The molecular formula is C14H18N9O6PS2. The summed E-state index contributed by atoms with van der Waals surface area (Å²) < 4.78 is 18.4. The number of carbonyl (C=O) groups excluding carboxylic acids is 1. The van der Waals surface area contributed by atoms with Crippen molar-refractivity contribution in [3.8, 4) is 0 Å². The van der Waals surface area contributed by atoms with E-state index in [9.17, 15) is 14.7 Å². The maximum absolute atomic E-state index is 12.4. The second-order valence-electron chi connectivity index (χ2n) is 6.67. The van der Waals surface area contributed by atoms with Crippen LogP contribution in [0.2, 0.25) is 0 Å². The number of ether oxygens (including phenoxy) is 1. The van der Waals surface area contributed by atoms with Crippen molar-refractivity contribution in [2.24, 2.45) is 5.11 Å². The van der Waals surface area contributed by atoms with Crippen LogP contribution in [0, 0.1) is 0 Å². The molecule has 2 aromatic rings. The molecule has 0 spiro atoms. The van der Waals surface area contributed by atoms with Crippen LogP contribution >= 0.6 is 18.9 Å². The summed E-state index contributed by atoms with van der Waals surface area (Å²) in [6.45, 7) is 0.105. The molecule has 0 bridgehead atoms. The normalized spacial score (nSPS) is 27.1. The van der Waals surface area contributed by atoms with E-state index in [1.165, 1.54) is 16.3 Å². The molecule has 0 radical (unpaired) electrons. The summed E-state index contributed by atoms with van der Waals surface area (Å²) in [4.78, 5) is 37.3. The van der Waals surface area contributed by atoms with Crippen LogP contribution in [-0.2, 0) is 30.4 Å². The summed E-state index contributed by atoms with van der Waals surface area (Å²) in [7, 11) is -1.91. The third-order valence-electron chi connectivity index (χ3n) is 4.63. The molecule has 15 nitrogen and oxygen atoms in total. The summed E-state index contributed by atoms with van der Waals surface area (Å²) in [5, 5.41) is 17.0. The van der Waals surface area contributed by atoms with Gasteiger partial charge in [0.15, 0.2) is 29.7 Å². The fourth-order valence-electron chi connectivity index (χ4n) is 3.30. The Bertz CT molecular complexity index is 1170. The van der Waals surface area contributed by atoms with Gasteiger partial charge in [0.05, 0.1) is 6.61 Å². The van der Waals surface area contributed by atoms with E-state index < -0.39 is 43.2 Å². The average Bonchev–Trinajstić information content (AvgIpc) is 3.27.